The first-order valence-corrected chi connectivity index (χ1v) is 10.7. The van der Waals surface area contributed by atoms with E-state index in [2.05, 4.69) is 25.5 Å². The van der Waals surface area contributed by atoms with Crippen molar-refractivity contribution in [2.75, 3.05) is 5.32 Å². The number of anilines is 1. The van der Waals surface area contributed by atoms with Gasteiger partial charge in [-0.15, -0.1) is 0 Å². The largest absolute Gasteiger partial charge is 0.461 e. The predicted octanol–water partition coefficient (Wildman–Crippen LogP) is 4.00. The van der Waals surface area contributed by atoms with Gasteiger partial charge >= 0.3 is 0 Å². The van der Waals surface area contributed by atoms with Gasteiger partial charge in [0.1, 0.15) is 5.82 Å². The van der Waals surface area contributed by atoms with Gasteiger partial charge in [0.25, 0.3) is 11.5 Å². The van der Waals surface area contributed by atoms with Gasteiger partial charge in [0.2, 0.25) is 11.7 Å². The minimum atomic E-state index is -0.494. The van der Waals surface area contributed by atoms with Crippen LogP contribution in [0.25, 0.3) is 28.7 Å². The molecule has 0 saturated heterocycles. The van der Waals surface area contributed by atoms with Crippen molar-refractivity contribution in [3.8, 4) is 28.7 Å². The van der Waals surface area contributed by atoms with Crippen LogP contribution in [0.5, 0.6) is 0 Å². The Hall–Kier alpha value is -4.73. The van der Waals surface area contributed by atoms with Crippen LogP contribution in [0.4, 0.5) is 5.82 Å². The zero-order valence-electron chi connectivity index (χ0n) is 17.8. The van der Waals surface area contributed by atoms with Crippen molar-refractivity contribution < 1.29 is 13.7 Å². The number of nitrogens with zero attached hydrogens (tertiary/aromatic N) is 4. The molecule has 4 aromatic heterocycles. The van der Waals surface area contributed by atoms with Gasteiger partial charge in [-0.25, -0.2) is 4.98 Å². The first kappa shape index (κ1) is 19.9. The molecule has 4 heterocycles. The summed E-state index contributed by atoms with van der Waals surface area (Å²) < 4.78 is 11.9. The second-order valence-corrected chi connectivity index (χ2v) is 7.97. The van der Waals surface area contributed by atoms with E-state index in [-0.39, 0.29) is 17.2 Å². The number of rotatable bonds is 6. The smallest absolute Gasteiger partial charge is 0.279 e. The van der Waals surface area contributed by atoms with Gasteiger partial charge in [0.15, 0.2) is 11.5 Å². The fraction of sp³-hybridized carbons (Fsp3) is 0.125. The van der Waals surface area contributed by atoms with E-state index in [0.29, 0.717) is 29.0 Å². The summed E-state index contributed by atoms with van der Waals surface area (Å²) in [7, 11) is 0. The molecule has 0 spiro atoms. The molecule has 5 aromatic rings. The number of hydrogen-bond donors (Lipinski definition) is 2. The molecular weight excluding hydrogens is 436 g/mol. The SMILES string of the molecule is O=C(Nc1cc(C2CC2)nn1-c1nc(-c2ccccc2)cc(=O)[nH]1)c1cc(-c2ccco2)on1. The van der Waals surface area contributed by atoms with Gasteiger partial charge < -0.3 is 14.3 Å². The summed E-state index contributed by atoms with van der Waals surface area (Å²) in [5.41, 5.74) is 1.86. The number of carbonyl (C=O) groups excluding carboxylic acids is 1. The van der Waals surface area contributed by atoms with E-state index in [4.69, 9.17) is 8.94 Å². The summed E-state index contributed by atoms with van der Waals surface area (Å²) in [6.07, 6.45) is 3.55. The molecule has 0 unspecified atom stereocenters. The number of aromatic amines is 1. The molecule has 0 aliphatic heterocycles. The molecule has 0 radical (unpaired) electrons. The van der Waals surface area contributed by atoms with Crippen LogP contribution in [0.1, 0.15) is 34.9 Å². The van der Waals surface area contributed by atoms with E-state index in [9.17, 15) is 9.59 Å². The summed E-state index contributed by atoms with van der Waals surface area (Å²) in [6, 6.07) is 17.5. The monoisotopic (exact) mass is 454 g/mol. The van der Waals surface area contributed by atoms with Gasteiger partial charge in [-0.3, -0.25) is 14.6 Å². The van der Waals surface area contributed by atoms with Crippen LogP contribution in [0.3, 0.4) is 0 Å². The van der Waals surface area contributed by atoms with Gasteiger partial charge in [-0.1, -0.05) is 35.5 Å². The van der Waals surface area contributed by atoms with Crippen molar-refractivity contribution >= 4 is 11.7 Å². The Labute approximate surface area is 192 Å². The highest BCUT2D eigenvalue weighted by atomic mass is 16.5. The van der Waals surface area contributed by atoms with E-state index in [1.807, 2.05) is 30.3 Å². The fourth-order valence-electron chi connectivity index (χ4n) is 3.63. The molecule has 10 nitrogen and oxygen atoms in total. The van der Waals surface area contributed by atoms with Crippen LogP contribution in [0.15, 0.2) is 80.7 Å². The third-order valence-corrected chi connectivity index (χ3v) is 5.47. The summed E-state index contributed by atoms with van der Waals surface area (Å²) in [6.45, 7) is 0. The van der Waals surface area contributed by atoms with Crippen LogP contribution in [-0.2, 0) is 0 Å². The molecule has 0 bridgehead atoms. The van der Waals surface area contributed by atoms with Crippen LogP contribution in [-0.4, -0.2) is 30.8 Å². The molecular formula is C24H18N6O4. The molecule has 10 heteroatoms. The topological polar surface area (TPSA) is 132 Å². The lowest BCUT2D eigenvalue weighted by Crippen LogP contribution is -2.19. The van der Waals surface area contributed by atoms with Gasteiger partial charge in [-0.2, -0.15) is 9.78 Å². The highest BCUT2D eigenvalue weighted by Gasteiger charge is 2.29. The Morgan fingerprint density at radius 1 is 1.06 bits per heavy atom. The predicted molar refractivity (Wildman–Crippen MR) is 122 cm³/mol. The molecule has 1 fully saturated rings. The summed E-state index contributed by atoms with van der Waals surface area (Å²) in [5, 5.41) is 11.3. The number of furan rings is 1. The molecule has 0 atom stereocenters. The number of hydrogen-bond acceptors (Lipinski definition) is 7. The van der Waals surface area contributed by atoms with E-state index < -0.39 is 5.91 Å². The minimum absolute atomic E-state index is 0.0756. The third-order valence-electron chi connectivity index (χ3n) is 5.47. The molecule has 1 aromatic carbocycles. The summed E-state index contributed by atoms with van der Waals surface area (Å²) in [4.78, 5) is 32.7. The molecule has 1 saturated carbocycles. The fourth-order valence-corrected chi connectivity index (χ4v) is 3.63. The summed E-state index contributed by atoms with van der Waals surface area (Å²) >= 11 is 0. The Morgan fingerprint density at radius 3 is 2.68 bits per heavy atom. The van der Waals surface area contributed by atoms with Gasteiger partial charge in [-0.05, 0) is 25.0 Å². The molecule has 168 valence electrons. The van der Waals surface area contributed by atoms with Gasteiger partial charge in [0.05, 0.1) is 17.7 Å². The molecule has 1 amide bonds. The average molecular weight is 454 g/mol. The Kier molecular flexibility index (Phi) is 4.69. The molecule has 1 aliphatic carbocycles. The molecule has 2 N–H and O–H groups in total. The Morgan fingerprint density at radius 2 is 1.91 bits per heavy atom. The van der Waals surface area contributed by atoms with Crippen molar-refractivity contribution in [2.45, 2.75) is 18.8 Å². The highest BCUT2D eigenvalue weighted by Crippen LogP contribution is 2.40. The quantitative estimate of drug-likeness (QED) is 0.396. The molecule has 34 heavy (non-hydrogen) atoms. The lowest BCUT2D eigenvalue weighted by atomic mass is 10.1. The Bertz CT molecular complexity index is 1530. The molecule has 1 aliphatic rings. The summed E-state index contributed by atoms with van der Waals surface area (Å²) in [5.74, 6) is 1.19. The lowest BCUT2D eigenvalue weighted by Gasteiger charge is -2.08. The van der Waals surface area contributed by atoms with Crippen molar-refractivity contribution in [1.29, 1.82) is 0 Å². The standard InChI is InChI=1S/C24H18N6O4/c31-22-13-16(14-5-2-1-3-6-14)25-24(27-22)30-21(12-17(28-30)15-8-9-15)26-23(32)18-11-20(34-29-18)19-7-4-10-33-19/h1-7,10-13,15H,8-9H2,(H,26,32)(H,25,27,31). The maximum atomic E-state index is 12.9. The second-order valence-electron chi connectivity index (χ2n) is 7.97. The van der Waals surface area contributed by atoms with Crippen molar-refractivity contribution in [2.24, 2.45) is 0 Å². The second kappa shape index (κ2) is 8.00. The third kappa shape index (κ3) is 3.81. The first-order valence-electron chi connectivity index (χ1n) is 10.7. The average Bonchev–Trinajstić information content (AvgIpc) is 3.23. The highest BCUT2D eigenvalue weighted by molar-refractivity contribution is 6.02. The van der Waals surface area contributed by atoms with Crippen molar-refractivity contribution in [1.82, 2.24) is 24.9 Å². The number of aromatic nitrogens is 5. The van der Waals surface area contributed by atoms with Crippen LogP contribution < -0.4 is 10.9 Å². The number of nitrogens with one attached hydrogen (secondary N) is 2. The van der Waals surface area contributed by atoms with Crippen LogP contribution in [0, 0.1) is 0 Å². The maximum Gasteiger partial charge on any atom is 0.279 e. The van der Waals surface area contributed by atoms with Crippen molar-refractivity contribution in [3.63, 3.8) is 0 Å². The van der Waals surface area contributed by atoms with Crippen LogP contribution >= 0.6 is 0 Å². The normalized spacial score (nSPS) is 13.2. The zero-order valence-corrected chi connectivity index (χ0v) is 17.8. The Balaban J connectivity index is 1.36. The first-order chi connectivity index (χ1) is 16.6. The minimum Gasteiger partial charge on any atom is -0.461 e. The lowest BCUT2D eigenvalue weighted by molar-refractivity contribution is 0.101. The van der Waals surface area contributed by atoms with E-state index in [0.717, 1.165) is 24.1 Å². The van der Waals surface area contributed by atoms with E-state index >= 15 is 0 Å². The van der Waals surface area contributed by atoms with Gasteiger partial charge in [0, 0.05) is 29.7 Å². The number of benzene rings is 1. The zero-order chi connectivity index (χ0) is 23.1. The number of amides is 1. The number of H-pyrrole nitrogens is 1. The van der Waals surface area contributed by atoms with E-state index in [1.54, 1.807) is 18.2 Å². The number of carbonyl (C=O) groups is 1. The maximum absolute atomic E-state index is 12.9. The van der Waals surface area contributed by atoms with Crippen LogP contribution in [0.2, 0.25) is 0 Å². The molecule has 6 rings (SSSR count). The van der Waals surface area contributed by atoms with E-state index in [1.165, 1.54) is 23.1 Å². The van der Waals surface area contributed by atoms with Crippen molar-refractivity contribution in [3.05, 3.63) is 88.7 Å².